The van der Waals surface area contributed by atoms with Gasteiger partial charge in [-0.1, -0.05) is 37.2 Å². The van der Waals surface area contributed by atoms with Crippen molar-refractivity contribution in [2.24, 2.45) is 0 Å². The van der Waals surface area contributed by atoms with Crippen molar-refractivity contribution in [1.29, 1.82) is 5.41 Å². The van der Waals surface area contributed by atoms with Crippen LogP contribution in [0.25, 0.3) is 0 Å². The SMILES string of the molecule is CC.N=C(c1ccc(C(=O)SCCNC(=O)c2ccc(Cl)s2)s1)N1CCCC1. The van der Waals surface area contributed by atoms with Crippen LogP contribution in [-0.4, -0.2) is 47.1 Å². The van der Waals surface area contributed by atoms with Gasteiger partial charge in [-0.05, 0) is 37.1 Å². The smallest absolute Gasteiger partial charge is 0.261 e. The zero-order valence-corrected chi connectivity index (χ0v) is 19.1. The molecule has 0 saturated carbocycles. The number of thiophene rings is 2. The Hall–Kier alpha value is -1.35. The topological polar surface area (TPSA) is 73.3 Å². The molecule has 5 nitrogen and oxygen atoms in total. The molecule has 0 radical (unpaired) electrons. The monoisotopic (exact) mass is 457 g/mol. The number of hydrogen-bond acceptors (Lipinski definition) is 6. The number of nitrogens with zero attached hydrogens (tertiary/aromatic N) is 1. The highest BCUT2D eigenvalue weighted by Crippen LogP contribution is 2.24. The van der Waals surface area contributed by atoms with Crippen LogP contribution in [0.5, 0.6) is 0 Å². The first-order valence-electron chi connectivity index (χ1n) is 9.19. The molecule has 2 N–H and O–H groups in total. The van der Waals surface area contributed by atoms with Gasteiger partial charge in [-0.2, -0.15) is 0 Å². The van der Waals surface area contributed by atoms with Gasteiger partial charge >= 0.3 is 0 Å². The van der Waals surface area contributed by atoms with Crippen LogP contribution in [0.3, 0.4) is 0 Å². The molecule has 0 atom stereocenters. The van der Waals surface area contributed by atoms with Crippen LogP contribution in [0.2, 0.25) is 4.34 Å². The van der Waals surface area contributed by atoms with Crippen molar-refractivity contribution in [3.05, 3.63) is 43.2 Å². The molecule has 1 aliphatic rings. The van der Waals surface area contributed by atoms with Gasteiger partial charge in [0, 0.05) is 25.4 Å². The largest absolute Gasteiger partial charge is 0.356 e. The summed E-state index contributed by atoms with van der Waals surface area (Å²) in [5, 5.41) is 11.0. The van der Waals surface area contributed by atoms with E-state index in [0.29, 0.717) is 32.2 Å². The van der Waals surface area contributed by atoms with Crippen LogP contribution >= 0.6 is 46.0 Å². The van der Waals surface area contributed by atoms with Crippen LogP contribution in [-0.2, 0) is 0 Å². The normalized spacial score (nSPS) is 13.0. The lowest BCUT2D eigenvalue weighted by Gasteiger charge is -2.16. The predicted octanol–water partition coefficient (Wildman–Crippen LogP) is 5.21. The van der Waals surface area contributed by atoms with Crippen LogP contribution in [0.15, 0.2) is 24.3 Å². The summed E-state index contributed by atoms with van der Waals surface area (Å²) in [7, 11) is 0. The number of carbonyl (C=O) groups excluding carboxylic acids is 2. The van der Waals surface area contributed by atoms with Gasteiger partial charge in [0.05, 0.1) is 19.0 Å². The molecule has 28 heavy (non-hydrogen) atoms. The number of likely N-dealkylation sites (tertiary alicyclic amines) is 1. The molecule has 3 rings (SSSR count). The maximum atomic E-state index is 12.3. The van der Waals surface area contributed by atoms with Crippen molar-refractivity contribution in [3.8, 4) is 0 Å². The third-order valence-electron chi connectivity index (χ3n) is 3.88. The fourth-order valence-electron chi connectivity index (χ4n) is 2.57. The molecule has 2 aromatic heterocycles. The summed E-state index contributed by atoms with van der Waals surface area (Å²) in [5.41, 5.74) is 0. The van der Waals surface area contributed by atoms with Crippen molar-refractivity contribution in [2.45, 2.75) is 26.7 Å². The van der Waals surface area contributed by atoms with Gasteiger partial charge in [-0.25, -0.2) is 0 Å². The van der Waals surface area contributed by atoms with Crippen LogP contribution in [0, 0.1) is 5.41 Å². The van der Waals surface area contributed by atoms with Gasteiger partial charge in [0.25, 0.3) is 5.91 Å². The van der Waals surface area contributed by atoms with Gasteiger partial charge in [0.1, 0.15) is 5.84 Å². The molecule has 152 valence electrons. The second kappa shape index (κ2) is 11.6. The number of carbonyl (C=O) groups is 2. The number of rotatable bonds is 6. The van der Waals surface area contributed by atoms with E-state index in [1.165, 1.54) is 34.4 Å². The first-order valence-corrected chi connectivity index (χ1v) is 12.2. The Kier molecular flexibility index (Phi) is 9.50. The lowest BCUT2D eigenvalue weighted by Crippen LogP contribution is -2.26. The number of amides is 1. The number of amidine groups is 1. The number of nitrogens with one attached hydrogen (secondary N) is 2. The quantitative estimate of drug-likeness (QED) is 0.354. The van der Waals surface area contributed by atoms with Crippen LogP contribution in [0.1, 0.15) is 50.9 Å². The fourth-order valence-corrected chi connectivity index (χ4v) is 5.25. The zero-order chi connectivity index (χ0) is 20.5. The molecule has 0 bridgehead atoms. The van der Waals surface area contributed by atoms with Crippen LogP contribution < -0.4 is 5.32 Å². The van der Waals surface area contributed by atoms with Crippen molar-refractivity contribution >= 4 is 62.9 Å². The van der Waals surface area contributed by atoms with E-state index in [0.717, 1.165) is 30.8 Å². The highest BCUT2D eigenvalue weighted by Gasteiger charge is 2.19. The van der Waals surface area contributed by atoms with Crippen molar-refractivity contribution in [3.63, 3.8) is 0 Å². The first-order chi connectivity index (χ1) is 13.5. The Labute approximate surface area is 183 Å². The second-order valence-electron chi connectivity index (χ2n) is 5.70. The summed E-state index contributed by atoms with van der Waals surface area (Å²) < 4.78 is 0.577. The molecule has 0 spiro atoms. The van der Waals surface area contributed by atoms with Crippen LogP contribution in [0.4, 0.5) is 0 Å². The zero-order valence-electron chi connectivity index (χ0n) is 15.9. The standard InChI is InChI=1S/C17H18ClN3O2S3.C2H6/c18-14-6-5-12(26-14)16(22)20-7-10-24-17(23)13-4-3-11(25-13)15(19)21-8-1-2-9-21;1-2/h3-6,19H,1-2,7-10H2,(H,20,22);1-2H3. The third-order valence-corrected chi connectivity index (χ3v) is 7.22. The van der Waals surface area contributed by atoms with E-state index in [9.17, 15) is 9.59 Å². The summed E-state index contributed by atoms with van der Waals surface area (Å²) >= 11 is 9.59. The third kappa shape index (κ3) is 6.34. The molecule has 1 fully saturated rings. The van der Waals surface area contributed by atoms with Gasteiger partial charge in [0.15, 0.2) is 0 Å². The maximum Gasteiger partial charge on any atom is 0.261 e. The van der Waals surface area contributed by atoms with E-state index in [2.05, 4.69) is 10.2 Å². The predicted molar refractivity (Wildman–Crippen MR) is 122 cm³/mol. The summed E-state index contributed by atoms with van der Waals surface area (Å²) in [6, 6.07) is 7.00. The Bertz CT molecular complexity index is 813. The molecule has 9 heteroatoms. The van der Waals surface area contributed by atoms with Gasteiger partial charge in [0.2, 0.25) is 5.12 Å². The summed E-state index contributed by atoms with van der Waals surface area (Å²) in [6.07, 6.45) is 2.25. The minimum absolute atomic E-state index is 0.0242. The van der Waals surface area contributed by atoms with Crippen molar-refractivity contribution < 1.29 is 9.59 Å². The Morgan fingerprint density at radius 1 is 1.11 bits per heavy atom. The average molecular weight is 458 g/mol. The van der Waals surface area contributed by atoms with Gasteiger partial charge < -0.3 is 10.2 Å². The Morgan fingerprint density at radius 3 is 2.39 bits per heavy atom. The van der Waals surface area contributed by atoms with E-state index < -0.39 is 0 Å². The molecule has 2 aromatic rings. The van der Waals surface area contributed by atoms with Gasteiger partial charge in [-0.15, -0.1) is 22.7 Å². The molecule has 3 heterocycles. The van der Waals surface area contributed by atoms with E-state index in [4.69, 9.17) is 17.0 Å². The summed E-state index contributed by atoms with van der Waals surface area (Å²) in [5.74, 6) is 0.839. The summed E-state index contributed by atoms with van der Waals surface area (Å²) in [4.78, 5) is 28.3. The minimum Gasteiger partial charge on any atom is -0.356 e. The number of thioether (sulfide) groups is 1. The molecule has 0 aliphatic carbocycles. The van der Waals surface area contributed by atoms with E-state index in [1.807, 2.05) is 19.9 Å². The van der Waals surface area contributed by atoms with Gasteiger partial charge in [-0.3, -0.25) is 15.0 Å². The van der Waals surface area contributed by atoms with Crippen molar-refractivity contribution in [1.82, 2.24) is 10.2 Å². The fraction of sp³-hybridized carbons (Fsp3) is 0.421. The number of halogens is 1. The highest BCUT2D eigenvalue weighted by molar-refractivity contribution is 8.14. The Balaban J connectivity index is 0.00000136. The lowest BCUT2D eigenvalue weighted by molar-refractivity contribution is 0.0959. The lowest BCUT2D eigenvalue weighted by atomic mass is 10.4. The summed E-state index contributed by atoms with van der Waals surface area (Å²) in [6.45, 7) is 6.25. The Morgan fingerprint density at radius 2 is 1.75 bits per heavy atom. The van der Waals surface area contributed by atoms with E-state index in [-0.39, 0.29) is 11.0 Å². The minimum atomic E-state index is -0.174. The van der Waals surface area contributed by atoms with E-state index in [1.54, 1.807) is 18.2 Å². The molecule has 1 saturated heterocycles. The van der Waals surface area contributed by atoms with E-state index >= 15 is 0 Å². The maximum absolute atomic E-state index is 12.3. The highest BCUT2D eigenvalue weighted by atomic mass is 35.5. The number of hydrogen-bond donors (Lipinski definition) is 2. The molecule has 1 aliphatic heterocycles. The van der Waals surface area contributed by atoms with Crippen molar-refractivity contribution in [2.75, 3.05) is 25.4 Å². The second-order valence-corrected chi connectivity index (χ2v) is 9.57. The molecule has 0 aromatic carbocycles. The molecule has 0 unspecified atom stereocenters. The molecular weight excluding hydrogens is 434 g/mol. The average Bonchev–Trinajstić information content (AvgIpc) is 3.47. The first kappa shape index (κ1) is 22.9. The molecular formula is C19H24ClN3O2S3. The molecule has 1 amide bonds.